The van der Waals surface area contributed by atoms with Crippen molar-refractivity contribution in [1.82, 2.24) is 10.6 Å². The van der Waals surface area contributed by atoms with Gasteiger partial charge >= 0.3 is 0 Å². The Bertz CT molecular complexity index is 1140. The summed E-state index contributed by atoms with van der Waals surface area (Å²) < 4.78 is 28.1. The number of nitrogens with one attached hydrogen (secondary N) is 3. The van der Waals surface area contributed by atoms with E-state index in [2.05, 4.69) is 16.0 Å². The molecule has 36 heavy (non-hydrogen) atoms. The van der Waals surface area contributed by atoms with Gasteiger partial charge < -0.3 is 20.9 Å². The molecule has 194 valence electrons. The number of likely N-dealkylation sites (N-methyl/N-ethyl adjacent to an activating group) is 1. The van der Waals surface area contributed by atoms with Crippen LogP contribution in [0.5, 0.6) is 0 Å². The molecule has 2 aromatic carbocycles. The fourth-order valence-electron chi connectivity index (χ4n) is 3.91. The number of amides is 4. The summed E-state index contributed by atoms with van der Waals surface area (Å²) in [5.41, 5.74) is -0.0502. The number of carbonyl (C=O) groups is 4. The Morgan fingerprint density at radius 1 is 1.03 bits per heavy atom. The van der Waals surface area contributed by atoms with Crippen molar-refractivity contribution in [2.75, 3.05) is 28.7 Å². The van der Waals surface area contributed by atoms with Gasteiger partial charge in [-0.25, -0.2) is 8.78 Å². The van der Waals surface area contributed by atoms with Crippen LogP contribution in [-0.4, -0.2) is 55.3 Å². The van der Waals surface area contributed by atoms with E-state index in [9.17, 15) is 28.0 Å². The summed E-state index contributed by atoms with van der Waals surface area (Å²) in [6.45, 7) is 3.93. The molecular formula is C24H28ClF2N5O4. The molecule has 0 unspecified atom stereocenters. The summed E-state index contributed by atoms with van der Waals surface area (Å²) in [6.07, 6.45) is 0. The van der Waals surface area contributed by atoms with Gasteiger partial charge in [-0.1, -0.05) is 18.2 Å². The molecule has 0 radical (unpaired) electrons. The topological polar surface area (TPSA) is 111 Å². The molecular weight excluding hydrogens is 496 g/mol. The van der Waals surface area contributed by atoms with E-state index in [0.717, 1.165) is 23.1 Å². The molecule has 0 aliphatic carbocycles. The molecule has 0 fully saturated rings. The van der Waals surface area contributed by atoms with Crippen LogP contribution < -0.4 is 25.8 Å². The highest BCUT2D eigenvalue weighted by atomic mass is 35.5. The van der Waals surface area contributed by atoms with E-state index in [0.29, 0.717) is 5.69 Å². The van der Waals surface area contributed by atoms with Gasteiger partial charge in [0.2, 0.25) is 17.7 Å². The van der Waals surface area contributed by atoms with E-state index in [1.54, 1.807) is 45.2 Å². The summed E-state index contributed by atoms with van der Waals surface area (Å²) in [5.74, 6) is -4.32. The van der Waals surface area contributed by atoms with Crippen molar-refractivity contribution < 1.29 is 28.0 Å². The monoisotopic (exact) mass is 523 g/mol. The molecule has 1 aliphatic heterocycles. The summed E-state index contributed by atoms with van der Waals surface area (Å²) in [6, 6.07) is 6.96. The van der Waals surface area contributed by atoms with E-state index in [1.165, 1.54) is 11.8 Å². The molecule has 12 heteroatoms. The Hall–Kier alpha value is -3.57. The predicted molar refractivity (Wildman–Crippen MR) is 134 cm³/mol. The average molecular weight is 524 g/mol. The second-order valence-corrected chi connectivity index (χ2v) is 8.18. The molecule has 0 aromatic heterocycles. The van der Waals surface area contributed by atoms with Crippen molar-refractivity contribution in [3.8, 4) is 0 Å². The van der Waals surface area contributed by atoms with Gasteiger partial charge in [0.1, 0.15) is 29.9 Å². The summed E-state index contributed by atoms with van der Waals surface area (Å²) in [7, 11) is 1.58. The van der Waals surface area contributed by atoms with E-state index < -0.39 is 59.7 Å². The number of rotatable bonds is 6. The zero-order valence-corrected chi connectivity index (χ0v) is 21.0. The zero-order chi connectivity index (χ0) is 25.9. The Balaban J connectivity index is 0.00000456. The van der Waals surface area contributed by atoms with Crippen LogP contribution in [-0.2, 0) is 19.2 Å². The fraction of sp³-hybridized carbons (Fsp3) is 0.333. The lowest BCUT2D eigenvalue weighted by atomic mass is 10.1. The predicted octanol–water partition coefficient (Wildman–Crippen LogP) is 2.21. The van der Waals surface area contributed by atoms with Crippen molar-refractivity contribution in [2.24, 2.45) is 0 Å². The highest BCUT2D eigenvalue weighted by Crippen LogP contribution is 2.35. The molecule has 3 atom stereocenters. The van der Waals surface area contributed by atoms with Crippen LogP contribution in [0.25, 0.3) is 0 Å². The third-order valence-corrected chi connectivity index (χ3v) is 5.85. The second kappa shape index (κ2) is 11.9. The second-order valence-electron chi connectivity index (χ2n) is 8.18. The van der Waals surface area contributed by atoms with E-state index in [4.69, 9.17) is 0 Å². The maximum absolute atomic E-state index is 14.0. The minimum absolute atomic E-state index is 0. The quantitative estimate of drug-likeness (QED) is 0.537. The molecule has 0 saturated carbocycles. The zero-order valence-electron chi connectivity index (χ0n) is 20.2. The van der Waals surface area contributed by atoms with Crippen LogP contribution in [0, 0.1) is 11.6 Å². The maximum Gasteiger partial charge on any atom is 0.252 e. The SMILES string of the molecule is CN[C@@H](C)C(=O)N[C@@H]1C(=O)N(CC(=O)Nc2c(F)cccc2F)c2ccccc2N(C(C)=O)[C@H]1C.Cl. The number of anilines is 3. The van der Waals surface area contributed by atoms with Crippen molar-refractivity contribution in [1.29, 1.82) is 0 Å². The van der Waals surface area contributed by atoms with Gasteiger partial charge in [-0.15, -0.1) is 12.4 Å². The number of benzene rings is 2. The third kappa shape index (κ3) is 5.80. The third-order valence-electron chi connectivity index (χ3n) is 5.85. The van der Waals surface area contributed by atoms with Crippen molar-refractivity contribution in [2.45, 2.75) is 38.9 Å². The van der Waals surface area contributed by atoms with E-state index >= 15 is 0 Å². The van der Waals surface area contributed by atoms with Gasteiger partial charge in [0.05, 0.1) is 23.5 Å². The molecule has 3 rings (SSSR count). The van der Waals surface area contributed by atoms with Crippen LogP contribution in [0.4, 0.5) is 25.8 Å². The number of nitrogens with zero attached hydrogens (tertiary/aromatic N) is 2. The van der Waals surface area contributed by atoms with Crippen LogP contribution in [0.1, 0.15) is 20.8 Å². The Morgan fingerprint density at radius 2 is 1.61 bits per heavy atom. The van der Waals surface area contributed by atoms with Gasteiger partial charge in [-0.05, 0) is 45.2 Å². The van der Waals surface area contributed by atoms with Crippen LogP contribution in [0.3, 0.4) is 0 Å². The minimum atomic E-state index is -1.20. The van der Waals surface area contributed by atoms with Crippen LogP contribution in [0.2, 0.25) is 0 Å². The average Bonchev–Trinajstić information content (AvgIpc) is 2.90. The smallest absolute Gasteiger partial charge is 0.252 e. The molecule has 1 heterocycles. The number of halogens is 3. The van der Waals surface area contributed by atoms with Gasteiger partial charge in [0, 0.05) is 6.92 Å². The molecule has 0 spiro atoms. The molecule has 0 bridgehead atoms. The Labute approximate surface area is 213 Å². The van der Waals surface area contributed by atoms with Gasteiger partial charge in [-0.3, -0.25) is 24.1 Å². The number of fused-ring (bicyclic) bond motifs is 1. The molecule has 3 N–H and O–H groups in total. The Kier molecular flexibility index (Phi) is 9.48. The lowest BCUT2D eigenvalue weighted by Gasteiger charge is -2.32. The Morgan fingerprint density at radius 3 is 2.17 bits per heavy atom. The van der Waals surface area contributed by atoms with Gasteiger partial charge in [-0.2, -0.15) is 0 Å². The first-order valence-electron chi connectivity index (χ1n) is 11.0. The van der Waals surface area contributed by atoms with Crippen molar-refractivity contribution >= 4 is 53.1 Å². The van der Waals surface area contributed by atoms with E-state index in [-0.39, 0.29) is 24.0 Å². The molecule has 0 saturated heterocycles. The maximum atomic E-state index is 14.0. The molecule has 9 nitrogen and oxygen atoms in total. The standard InChI is InChI=1S/C24H27F2N5O4.ClH/c1-13(27-4)23(34)29-21-14(2)31(15(3)32)19-11-6-5-10-18(19)30(24(21)35)12-20(33)28-22-16(25)8-7-9-17(22)26;/h5-11,13-14,21,27H,12H2,1-4H3,(H,28,33)(H,29,34);1H/t13-,14-,21-;/m0./s1. The number of carbonyl (C=O) groups excluding carboxylic acids is 4. The van der Waals surface area contributed by atoms with Crippen molar-refractivity contribution in [3.05, 3.63) is 54.1 Å². The van der Waals surface area contributed by atoms with Gasteiger partial charge in [0.15, 0.2) is 0 Å². The van der Waals surface area contributed by atoms with Crippen LogP contribution in [0.15, 0.2) is 42.5 Å². The number of para-hydroxylation sites is 3. The van der Waals surface area contributed by atoms with Crippen LogP contribution >= 0.6 is 12.4 Å². The first-order valence-corrected chi connectivity index (χ1v) is 11.0. The minimum Gasteiger partial charge on any atom is -0.341 e. The first-order chi connectivity index (χ1) is 16.6. The van der Waals surface area contributed by atoms with Gasteiger partial charge in [0.25, 0.3) is 5.91 Å². The molecule has 1 aliphatic rings. The highest BCUT2D eigenvalue weighted by Gasteiger charge is 2.42. The van der Waals surface area contributed by atoms with Crippen molar-refractivity contribution in [3.63, 3.8) is 0 Å². The fourth-order valence-corrected chi connectivity index (χ4v) is 3.91. The summed E-state index contributed by atoms with van der Waals surface area (Å²) in [4.78, 5) is 54.2. The van der Waals surface area contributed by atoms with E-state index in [1.807, 2.05) is 0 Å². The highest BCUT2D eigenvalue weighted by molar-refractivity contribution is 6.11. The lowest BCUT2D eigenvalue weighted by Crippen LogP contribution is -2.60. The number of hydrogen-bond acceptors (Lipinski definition) is 5. The normalized spacial score (nSPS) is 17.9. The largest absolute Gasteiger partial charge is 0.341 e. The lowest BCUT2D eigenvalue weighted by molar-refractivity contribution is -0.129. The molecule has 2 aromatic rings. The molecule has 4 amide bonds. The summed E-state index contributed by atoms with van der Waals surface area (Å²) in [5, 5.41) is 7.61. The number of hydrogen-bond donors (Lipinski definition) is 3. The summed E-state index contributed by atoms with van der Waals surface area (Å²) >= 11 is 0. The first kappa shape index (κ1) is 28.7.